The van der Waals surface area contributed by atoms with E-state index in [1.807, 2.05) is 24.3 Å². The van der Waals surface area contributed by atoms with Crippen LogP contribution in [0.3, 0.4) is 0 Å². The summed E-state index contributed by atoms with van der Waals surface area (Å²) in [4.78, 5) is 52.7. The Morgan fingerprint density at radius 2 is 2.00 bits per heavy atom. The molecule has 3 amide bonds. The molecule has 0 spiro atoms. The van der Waals surface area contributed by atoms with E-state index in [-0.39, 0.29) is 36.5 Å². The van der Waals surface area contributed by atoms with Crippen LogP contribution >= 0.6 is 0 Å². The van der Waals surface area contributed by atoms with Crippen molar-refractivity contribution in [3.05, 3.63) is 59.7 Å². The Labute approximate surface area is 166 Å². The number of pyridine rings is 1. The van der Waals surface area contributed by atoms with Crippen molar-refractivity contribution in [1.29, 1.82) is 0 Å². The molecule has 1 N–H and O–H groups in total. The largest absolute Gasteiger partial charge is 0.340 e. The number of fused-ring (bicyclic) bond motifs is 2. The fourth-order valence-corrected chi connectivity index (χ4v) is 4.15. The van der Waals surface area contributed by atoms with E-state index in [4.69, 9.17) is 0 Å². The van der Waals surface area contributed by atoms with Crippen molar-refractivity contribution in [3.63, 3.8) is 0 Å². The Balaban J connectivity index is 1.29. The number of carbonyl (C=O) groups is 3. The summed E-state index contributed by atoms with van der Waals surface area (Å²) in [5, 5.41) is 0. The molecule has 0 bridgehead atoms. The number of imidazole rings is 1. The lowest BCUT2D eigenvalue weighted by atomic mass is 10.2. The third-order valence-electron chi connectivity index (χ3n) is 5.58. The number of amides is 3. The summed E-state index contributed by atoms with van der Waals surface area (Å²) in [6, 6.07) is 10.9. The minimum atomic E-state index is -0.436. The van der Waals surface area contributed by atoms with Crippen molar-refractivity contribution in [2.24, 2.45) is 0 Å². The molecule has 3 aromatic rings. The minimum absolute atomic E-state index is 0.0518. The molecule has 2 aliphatic rings. The van der Waals surface area contributed by atoms with Gasteiger partial charge in [-0.2, -0.15) is 0 Å². The van der Waals surface area contributed by atoms with Gasteiger partial charge in [-0.05, 0) is 37.1 Å². The number of H-pyrrole nitrogens is 1. The van der Waals surface area contributed by atoms with Gasteiger partial charge in [0.05, 0.1) is 22.6 Å². The van der Waals surface area contributed by atoms with Crippen LogP contribution in [0.15, 0.2) is 42.6 Å². The lowest BCUT2D eigenvalue weighted by molar-refractivity contribution is -0.132. The number of carbonyl (C=O) groups excluding carboxylic acids is 3. The fourth-order valence-electron chi connectivity index (χ4n) is 4.15. The first kappa shape index (κ1) is 17.5. The quantitative estimate of drug-likeness (QED) is 0.691. The number of aromatic amines is 1. The van der Waals surface area contributed by atoms with Crippen molar-refractivity contribution in [2.75, 3.05) is 13.1 Å². The van der Waals surface area contributed by atoms with E-state index >= 15 is 0 Å². The molecule has 0 radical (unpaired) electrons. The van der Waals surface area contributed by atoms with E-state index in [1.165, 1.54) is 6.20 Å². The molecule has 1 fully saturated rings. The van der Waals surface area contributed by atoms with Gasteiger partial charge in [0.2, 0.25) is 5.91 Å². The molecule has 0 unspecified atom stereocenters. The van der Waals surface area contributed by atoms with Crippen LogP contribution in [0.25, 0.3) is 11.0 Å². The molecule has 8 nitrogen and oxygen atoms in total. The van der Waals surface area contributed by atoms with Gasteiger partial charge in [0.25, 0.3) is 11.8 Å². The summed E-state index contributed by atoms with van der Waals surface area (Å²) in [5.74, 6) is -0.130. The Hall–Kier alpha value is -3.55. The fraction of sp³-hybridized carbons (Fsp3) is 0.286. The predicted octanol–water partition coefficient (Wildman–Crippen LogP) is 2.31. The number of rotatable bonds is 4. The van der Waals surface area contributed by atoms with Crippen LogP contribution in [-0.4, -0.2) is 55.6 Å². The Morgan fingerprint density at radius 1 is 1.14 bits per heavy atom. The standard InChI is InChI=1S/C21H19N5O3/c27-17(9-12-26-20(28)13-5-3-10-22-18(13)21(26)29)25-11-4-8-16(25)19-23-14-6-1-2-7-15(14)24-19/h1-3,5-7,10,16H,4,8-9,11-12H2,(H,23,24)/t16-/m1/s1. The molecule has 2 aliphatic heterocycles. The van der Waals surface area contributed by atoms with Crippen LogP contribution in [-0.2, 0) is 4.79 Å². The van der Waals surface area contributed by atoms with Gasteiger partial charge in [0.15, 0.2) is 0 Å². The first-order chi connectivity index (χ1) is 14.1. The maximum absolute atomic E-state index is 12.9. The van der Waals surface area contributed by atoms with Crippen LogP contribution in [0.2, 0.25) is 0 Å². The second-order valence-electron chi connectivity index (χ2n) is 7.30. The molecule has 146 valence electrons. The number of hydrogen-bond acceptors (Lipinski definition) is 5. The van der Waals surface area contributed by atoms with Crippen LogP contribution in [0.1, 0.15) is 52.0 Å². The summed E-state index contributed by atoms with van der Waals surface area (Å²) in [6.45, 7) is 0.695. The van der Waals surface area contributed by atoms with E-state index < -0.39 is 5.91 Å². The van der Waals surface area contributed by atoms with Crippen molar-refractivity contribution in [2.45, 2.75) is 25.3 Å². The number of para-hydroxylation sites is 2. The molecular weight excluding hydrogens is 370 g/mol. The number of aromatic nitrogens is 3. The highest BCUT2D eigenvalue weighted by molar-refractivity contribution is 6.20. The second-order valence-corrected chi connectivity index (χ2v) is 7.30. The van der Waals surface area contributed by atoms with Gasteiger partial charge in [0, 0.05) is 25.7 Å². The molecule has 0 aliphatic carbocycles. The molecule has 2 aromatic heterocycles. The minimum Gasteiger partial charge on any atom is -0.340 e. The number of nitrogens with one attached hydrogen (secondary N) is 1. The highest BCUT2D eigenvalue weighted by atomic mass is 16.2. The third kappa shape index (κ3) is 2.88. The Bertz CT molecular complexity index is 1070. The van der Waals surface area contributed by atoms with Crippen molar-refractivity contribution in [3.8, 4) is 0 Å². The average Bonchev–Trinajstić information content (AvgIpc) is 3.44. The molecule has 4 heterocycles. The third-order valence-corrected chi connectivity index (χ3v) is 5.58. The maximum Gasteiger partial charge on any atom is 0.280 e. The van der Waals surface area contributed by atoms with E-state index in [1.54, 1.807) is 17.0 Å². The van der Waals surface area contributed by atoms with E-state index in [9.17, 15) is 14.4 Å². The van der Waals surface area contributed by atoms with Crippen LogP contribution in [0.4, 0.5) is 0 Å². The second kappa shape index (κ2) is 6.80. The van der Waals surface area contributed by atoms with Crippen molar-refractivity contribution < 1.29 is 14.4 Å². The predicted molar refractivity (Wildman–Crippen MR) is 104 cm³/mol. The van der Waals surface area contributed by atoms with E-state index in [0.29, 0.717) is 12.1 Å². The summed E-state index contributed by atoms with van der Waals surface area (Å²) in [7, 11) is 0. The van der Waals surface area contributed by atoms with Gasteiger partial charge in [-0.3, -0.25) is 24.3 Å². The lowest BCUT2D eigenvalue weighted by Crippen LogP contribution is -2.36. The average molecular weight is 389 g/mol. The molecule has 1 saturated heterocycles. The summed E-state index contributed by atoms with van der Waals surface area (Å²) >= 11 is 0. The molecule has 1 aromatic carbocycles. The number of hydrogen-bond donors (Lipinski definition) is 1. The smallest absolute Gasteiger partial charge is 0.280 e. The first-order valence-corrected chi connectivity index (χ1v) is 9.69. The molecule has 29 heavy (non-hydrogen) atoms. The van der Waals surface area contributed by atoms with Gasteiger partial charge < -0.3 is 9.88 Å². The zero-order valence-electron chi connectivity index (χ0n) is 15.7. The number of likely N-dealkylation sites (tertiary alicyclic amines) is 1. The van der Waals surface area contributed by atoms with Gasteiger partial charge in [-0.25, -0.2) is 4.98 Å². The molecular formula is C21H19N5O3. The van der Waals surface area contributed by atoms with E-state index in [2.05, 4.69) is 15.0 Å². The first-order valence-electron chi connectivity index (χ1n) is 9.69. The van der Waals surface area contributed by atoms with Crippen LogP contribution in [0.5, 0.6) is 0 Å². The van der Waals surface area contributed by atoms with Gasteiger partial charge in [-0.1, -0.05) is 12.1 Å². The highest BCUT2D eigenvalue weighted by Crippen LogP contribution is 2.32. The molecule has 1 atom stereocenters. The van der Waals surface area contributed by atoms with E-state index in [0.717, 1.165) is 34.6 Å². The molecule has 5 rings (SSSR count). The zero-order chi connectivity index (χ0) is 20.0. The summed E-state index contributed by atoms with van der Waals surface area (Å²) in [5.41, 5.74) is 2.28. The zero-order valence-corrected chi connectivity index (χ0v) is 15.7. The van der Waals surface area contributed by atoms with Crippen molar-refractivity contribution in [1.82, 2.24) is 24.8 Å². The van der Waals surface area contributed by atoms with Gasteiger partial charge >= 0.3 is 0 Å². The Morgan fingerprint density at radius 3 is 2.83 bits per heavy atom. The lowest BCUT2D eigenvalue weighted by Gasteiger charge is -2.24. The number of nitrogens with zero attached hydrogens (tertiary/aromatic N) is 4. The topological polar surface area (TPSA) is 99.3 Å². The highest BCUT2D eigenvalue weighted by Gasteiger charge is 2.38. The van der Waals surface area contributed by atoms with Crippen molar-refractivity contribution >= 4 is 28.8 Å². The van der Waals surface area contributed by atoms with Crippen LogP contribution < -0.4 is 0 Å². The summed E-state index contributed by atoms with van der Waals surface area (Å²) in [6.07, 6.45) is 3.30. The van der Waals surface area contributed by atoms with Gasteiger partial charge in [-0.15, -0.1) is 0 Å². The maximum atomic E-state index is 12.9. The van der Waals surface area contributed by atoms with Crippen LogP contribution in [0, 0.1) is 0 Å². The monoisotopic (exact) mass is 389 g/mol. The molecule has 0 saturated carbocycles. The number of benzene rings is 1. The normalized spacial score (nSPS) is 18.7. The van der Waals surface area contributed by atoms with Gasteiger partial charge in [0.1, 0.15) is 11.5 Å². The molecule has 8 heteroatoms. The summed E-state index contributed by atoms with van der Waals surface area (Å²) < 4.78 is 0. The number of imide groups is 1. The Kier molecular flexibility index (Phi) is 4.12. The SMILES string of the molecule is O=C1c2cccnc2C(=O)N1CCC(=O)N1CCC[C@@H]1c1nc2ccccc2[nH]1.